The Morgan fingerprint density at radius 1 is 1.47 bits per heavy atom. The molecule has 0 aliphatic rings. The van der Waals surface area contributed by atoms with Crippen LogP contribution in [0, 0.1) is 5.82 Å². The lowest BCUT2D eigenvalue weighted by molar-refractivity contribution is 0.422. The minimum Gasteiger partial charge on any atom is -0.425 e. The third-order valence-corrected chi connectivity index (χ3v) is 1.86. The summed E-state index contributed by atoms with van der Waals surface area (Å²) in [6.45, 7) is 0. The minimum atomic E-state index is -0.352. The third-order valence-electron chi connectivity index (χ3n) is 1.86. The molecule has 0 aliphatic heterocycles. The van der Waals surface area contributed by atoms with Crippen LogP contribution in [-0.4, -0.2) is 9.55 Å². The van der Waals surface area contributed by atoms with E-state index < -0.39 is 0 Å². The van der Waals surface area contributed by atoms with Gasteiger partial charge in [-0.25, -0.2) is 4.39 Å². The zero-order valence-corrected chi connectivity index (χ0v) is 8.14. The predicted molar refractivity (Wildman–Crippen MR) is 54.1 cm³/mol. The molecule has 0 saturated carbocycles. The van der Waals surface area contributed by atoms with Crippen LogP contribution in [0.3, 0.4) is 0 Å². The third kappa shape index (κ3) is 2.07. The summed E-state index contributed by atoms with van der Waals surface area (Å²) in [6.07, 6.45) is 1.62. The van der Waals surface area contributed by atoms with Gasteiger partial charge in [0.15, 0.2) is 0 Å². The van der Waals surface area contributed by atoms with Gasteiger partial charge in [0.1, 0.15) is 17.4 Å². The summed E-state index contributed by atoms with van der Waals surface area (Å²) in [4.78, 5) is 3.93. The summed E-state index contributed by atoms with van der Waals surface area (Å²) in [5.41, 5.74) is 5.48. The van der Waals surface area contributed by atoms with E-state index in [1.165, 1.54) is 12.1 Å². The Bertz CT molecular complexity index is 481. The molecule has 0 amide bonds. The lowest BCUT2D eigenvalue weighted by Crippen LogP contribution is -1.93. The van der Waals surface area contributed by atoms with Gasteiger partial charge in [-0.1, -0.05) is 6.07 Å². The maximum atomic E-state index is 12.8. The van der Waals surface area contributed by atoms with Crippen molar-refractivity contribution in [1.29, 1.82) is 0 Å². The quantitative estimate of drug-likeness (QED) is 0.818. The molecule has 5 heteroatoms. The molecule has 0 atom stereocenters. The molecular weight excluding hydrogens is 197 g/mol. The first-order valence-electron chi connectivity index (χ1n) is 4.37. The number of rotatable bonds is 2. The van der Waals surface area contributed by atoms with Gasteiger partial charge in [-0.3, -0.25) is 0 Å². The summed E-state index contributed by atoms with van der Waals surface area (Å²) in [6, 6.07) is 6.17. The molecule has 0 radical (unpaired) electrons. The molecular formula is C10H10FN3O. The van der Waals surface area contributed by atoms with E-state index in [2.05, 4.69) is 4.98 Å². The second kappa shape index (κ2) is 3.61. The van der Waals surface area contributed by atoms with Gasteiger partial charge in [-0.05, 0) is 12.1 Å². The topological polar surface area (TPSA) is 53.1 Å². The normalized spacial score (nSPS) is 10.3. The molecule has 0 aliphatic carbocycles. The Morgan fingerprint density at radius 3 is 2.87 bits per heavy atom. The van der Waals surface area contributed by atoms with Gasteiger partial charge >= 0.3 is 6.01 Å². The SMILES string of the molecule is Cn1cc(N)nc1Oc1cccc(F)c1. The summed E-state index contributed by atoms with van der Waals surface area (Å²) >= 11 is 0. The fraction of sp³-hybridized carbons (Fsp3) is 0.100. The average molecular weight is 207 g/mol. The fourth-order valence-corrected chi connectivity index (χ4v) is 1.20. The van der Waals surface area contributed by atoms with Gasteiger partial charge in [0, 0.05) is 13.1 Å². The number of hydrogen-bond acceptors (Lipinski definition) is 3. The molecule has 2 aromatic rings. The summed E-state index contributed by atoms with van der Waals surface area (Å²) in [7, 11) is 1.75. The van der Waals surface area contributed by atoms with Crippen molar-refractivity contribution in [3.63, 3.8) is 0 Å². The Balaban J connectivity index is 2.25. The van der Waals surface area contributed by atoms with E-state index in [1.54, 1.807) is 29.9 Å². The van der Waals surface area contributed by atoms with E-state index in [0.29, 0.717) is 17.6 Å². The van der Waals surface area contributed by atoms with E-state index in [0.717, 1.165) is 0 Å². The lowest BCUT2D eigenvalue weighted by Gasteiger charge is -2.03. The average Bonchev–Trinajstić information content (AvgIpc) is 2.45. The molecule has 1 aromatic heterocycles. The predicted octanol–water partition coefficient (Wildman–Crippen LogP) is 1.93. The van der Waals surface area contributed by atoms with Crippen LogP contribution in [0.25, 0.3) is 0 Å². The molecule has 0 spiro atoms. The van der Waals surface area contributed by atoms with Crippen molar-refractivity contribution in [2.24, 2.45) is 7.05 Å². The first kappa shape index (κ1) is 9.51. The number of hydrogen-bond donors (Lipinski definition) is 1. The van der Waals surface area contributed by atoms with Crippen LogP contribution >= 0.6 is 0 Å². The first-order valence-corrected chi connectivity index (χ1v) is 4.37. The maximum absolute atomic E-state index is 12.8. The van der Waals surface area contributed by atoms with Crippen LogP contribution in [0.4, 0.5) is 10.2 Å². The molecule has 0 unspecified atom stereocenters. The second-order valence-electron chi connectivity index (χ2n) is 3.12. The van der Waals surface area contributed by atoms with Crippen molar-refractivity contribution in [2.75, 3.05) is 5.73 Å². The highest BCUT2D eigenvalue weighted by atomic mass is 19.1. The van der Waals surface area contributed by atoms with E-state index in [4.69, 9.17) is 10.5 Å². The number of imidazole rings is 1. The fourth-order valence-electron chi connectivity index (χ4n) is 1.20. The number of nitrogen functional groups attached to an aromatic ring is 1. The van der Waals surface area contributed by atoms with Gasteiger partial charge in [0.2, 0.25) is 0 Å². The van der Waals surface area contributed by atoms with E-state index in [1.807, 2.05) is 0 Å². The molecule has 0 fully saturated rings. The molecule has 4 nitrogen and oxygen atoms in total. The smallest absolute Gasteiger partial charge is 0.303 e. The van der Waals surface area contributed by atoms with E-state index >= 15 is 0 Å². The molecule has 1 heterocycles. The van der Waals surface area contributed by atoms with Crippen LogP contribution < -0.4 is 10.5 Å². The first-order chi connectivity index (χ1) is 7.15. The number of benzene rings is 1. The number of nitrogens with two attached hydrogens (primary N) is 1. The Kier molecular flexibility index (Phi) is 2.29. The monoisotopic (exact) mass is 207 g/mol. The lowest BCUT2D eigenvalue weighted by atomic mass is 10.3. The van der Waals surface area contributed by atoms with Crippen molar-refractivity contribution < 1.29 is 9.13 Å². The zero-order valence-electron chi connectivity index (χ0n) is 8.14. The Morgan fingerprint density at radius 2 is 2.27 bits per heavy atom. The van der Waals surface area contributed by atoms with Gasteiger partial charge in [0.25, 0.3) is 0 Å². The van der Waals surface area contributed by atoms with Gasteiger partial charge in [-0.2, -0.15) is 4.98 Å². The van der Waals surface area contributed by atoms with Crippen molar-refractivity contribution in [2.45, 2.75) is 0 Å². The molecule has 0 bridgehead atoms. The molecule has 78 valence electrons. The number of aromatic nitrogens is 2. The molecule has 2 rings (SSSR count). The van der Waals surface area contributed by atoms with Crippen LogP contribution in [-0.2, 0) is 7.05 Å². The Hall–Kier alpha value is -2.04. The largest absolute Gasteiger partial charge is 0.425 e. The zero-order chi connectivity index (χ0) is 10.8. The molecule has 2 N–H and O–H groups in total. The highest BCUT2D eigenvalue weighted by Crippen LogP contribution is 2.21. The van der Waals surface area contributed by atoms with E-state index in [-0.39, 0.29) is 5.82 Å². The van der Waals surface area contributed by atoms with Gasteiger partial charge in [-0.15, -0.1) is 0 Å². The summed E-state index contributed by atoms with van der Waals surface area (Å²) < 4.78 is 19.8. The minimum absolute atomic E-state index is 0.332. The van der Waals surface area contributed by atoms with Crippen molar-refractivity contribution in [3.05, 3.63) is 36.3 Å². The Labute approximate surface area is 86.1 Å². The van der Waals surface area contributed by atoms with Crippen LogP contribution in [0.1, 0.15) is 0 Å². The number of ether oxygens (including phenoxy) is 1. The van der Waals surface area contributed by atoms with Crippen LogP contribution in [0.5, 0.6) is 11.8 Å². The summed E-state index contributed by atoms with van der Waals surface area (Å²) in [5.74, 6) is 0.405. The highest BCUT2D eigenvalue weighted by Gasteiger charge is 2.05. The molecule has 1 aromatic carbocycles. The van der Waals surface area contributed by atoms with Crippen LogP contribution in [0.15, 0.2) is 30.5 Å². The standard InChI is InChI=1S/C10H10FN3O/c1-14-6-9(12)13-10(14)15-8-4-2-3-7(11)5-8/h2-6H,12H2,1H3. The maximum Gasteiger partial charge on any atom is 0.303 e. The molecule has 0 saturated heterocycles. The van der Waals surface area contributed by atoms with Crippen LogP contribution in [0.2, 0.25) is 0 Å². The van der Waals surface area contributed by atoms with Crippen molar-refractivity contribution in [3.8, 4) is 11.8 Å². The molecule has 15 heavy (non-hydrogen) atoms. The van der Waals surface area contributed by atoms with Crippen molar-refractivity contribution in [1.82, 2.24) is 9.55 Å². The van der Waals surface area contributed by atoms with Gasteiger partial charge in [0.05, 0.1) is 6.20 Å². The number of halogens is 1. The highest BCUT2D eigenvalue weighted by molar-refractivity contribution is 5.31. The summed E-state index contributed by atoms with van der Waals surface area (Å²) in [5, 5.41) is 0. The van der Waals surface area contributed by atoms with Gasteiger partial charge < -0.3 is 15.0 Å². The second-order valence-corrected chi connectivity index (χ2v) is 3.12. The number of anilines is 1. The number of aryl methyl sites for hydroxylation is 1. The van der Waals surface area contributed by atoms with Crippen molar-refractivity contribution >= 4 is 5.82 Å². The number of nitrogens with zero attached hydrogens (tertiary/aromatic N) is 2. The van der Waals surface area contributed by atoms with E-state index in [9.17, 15) is 4.39 Å².